The SMILES string of the molecule is S=C(S)CCCNC(=S)S. The van der Waals surface area contributed by atoms with Crippen molar-refractivity contribution in [3.8, 4) is 0 Å². The summed E-state index contributed by atoms with van der Waals surface area (Å²) in [5.74, 6) is 0. The van der Waals surface area contributed by atoms with Gasteiger partial charge >= 0.3 is 0 Å². The highest BCUT2D eigenvalue weighted by molar-refractivity contribution is 8.11. The highest BCUT2D eigenvalue weighted by atomic mass is 32.1. The first-order valence-electron chi connectivity index (χ1n) is 2.81. The van der Waals surface area contributed by atoms with Crippen molar-refractivity contribution in [3.05, 3.63) is 0 Å². The summed E-state index contributed by atoms with van der Waals surface area (Å²) < 4.78 is 1.27. The van der Waals surface area contributed by atoms with Crippen molar-refractivity contribution in [1.82, 2.24) is 5.32 Å². The second-order valence-corrected chi connectivity index (χ2v) is 4.22. The van der Waals surface area contributed by atoms with Crippen molar-refractivity contribution >= 4 is 58.2 Å². The summed E-state index contributed by atoms with van der Waals surface area (Å²) in [6, 6.07) is 0. The van der Waals surface area contributed by atoms with E-state index in [1.54, 1.807) is 0 Å². The van der Waals surface area contributed by atoms with E-state index < -0.39 is 0 Å². The number of thiocarbonyl (C=S) groups is 2. The van der Waals surface area contributed by atoms with Crippen LogP contribution in [0.3, 0.4) is 0 Å². The Morgan fingerprint density at radius 2 is 1.90 bits per heavy atom. The topological polar surface area (TPSA) is 12.0 Å². The predicted octanol–water partition coefficient (Wildman–Crippen LogP) is 1.83. The van der Waals surface area contributed by atoms with Gasteiger partial charge in [0.15, 0.2) is 0 Å². The first-order chi connectivity index (χ1) is 4.63. The molecule has 58 valence electrons. The van der Waals surface area contributed by atoms with Crippen LogP contribution in [-0.2, 0) is 0 Å². The van der Waals surface area contributed by atoms with Crippen LogP contribution < -0.4 is 5.32 Å². The van der Waals surface area contributed by atoms with E-state index in [2.05, 4.69) is 42.8 Å². The van der Waals surface area contributed by atoms with Gasteiger partial charge in [0, 0.05) is 10.7 Å². The molecule has 0 fully saturated rings. The molecule has 0 atom stereocenters. The number of rotatable bonds is 4. The van der Waals surface area contributed by atoms with Gasteiger partial charge in [-0.2, -0.15) is 0 Å². The molecule has 0 aliphatic rings. The molecular weight excluding hydrogens is 202 g/mol. The molecule has 10 heavy (non-hydrogen) atoms. The molecule has 0 aromatic carbocycles. The normalized spacial score (nSPS) is 9.00. The van der Waals surface area contributed by atoms with Crippen LogP contribution in [0.1, 0.15) is 12.8 Å². The molecule has 0 aromatic heterocycles. The molecule has 1 N–H and O–H groups in total. The Morgan fingerprint density at radius 3 is 2.30 bits per heavy atom. The molecule has 0 saturated heterocycles. The smallest absolute Gasteiger partial charge is 0.130 e. The van der Waals surface area contributed by atoms with Gasteiger partial charge in [-0.3, -0.25) is 0 Å². The molecule has 0 aromatic rings. The molecule has 0 unspecified atom stereocenters. The summed E-state index contributed by atoms with van der Waals surface area (Å²) in [6.07, 6.45) is 1.81. The van der Waals surface area contributed by atoms with E-state index in [4.69, 9.17) is 12.2 Å². The van der Waals surface area contributed by atoms with Gasteiger partial charge in [0.1, 0.15) is 4.32 Å². The lowest BCUT2D eigenvalue weighted by Gasteiger charge is -2.00. The fraction of sp³-hybridized carbons (Fsp3) is 0.600. The van der Waals surface area contributed by atoms with Gasteiger partial charge in [0.05, 0.1) is 0 Å². The summed E-state index contributed by atoms with van der Waals surface area (Å²) in [5.41, 5.74) is 0. The van der Waals surface area contributed by atoms with E-state index in [1.165, 1.54) is 0 Å². The Labute approximate surface area is 82.8 Å². The Kier molecular flexibility index (Phi) is 6.83. The largest absolute Gasteiger partial charge is 0.371 e. The minimum atomic E-state index is 0.532. The maximum Gasteiger partial charge on any atom is 0.130 e. The minimum absolute atomic E-state index is 0.532. The summed E-state index contributed by atoms with van der Waals surface area (Å²) >= 11 is 17.3. The maximum atomic E-state index is 4.76. The van der Waals surface area contributed by atoms with Crippen LogP contribution in [0.4, 0.5) is 0 Å². The fourth-order valence-electron chi connectivity index (χ4n) is 0.435. The monoisotopic (exact) mass is 211 g/mol. The molecule has 0 heterocycles. The van der Waals surface area contributed by atoms with Crippen molar-refractivity contribution in [2.75, 3.05) is 6.54 Å². The lowest BCUT2D eigenvalue weighted by atomic mass is 10.3. The van der Waals surface area contributed by atoms with E-state index in [-0.39, 0.29) is 0 Å². The van der Waals surface area contributed by atoms with Gasteiger partial charge in [0.25, 0.3) is 0 Å². The van der Waals surface area contributed by atoms with Gasteiger partial charge in [0.2, 0.25) is 0 Å². The third-order valence-corrected chi connectivity index (χ3v) is 1.57. The Morgan fingerprint density at radius 1 is 1.30 bits per heavy atom. The predicted molar refractivity (Wildman–Crippen MR) is 60.4 cm³/mol. The third kappa shape index (κ3) is 8.68. The van der Waals surface area contributed by atoms with E-state index in [0.717, 1.165) is 23.6 Å². The van der Waals surface area contributed by atoms with Gasteiger partial charge in [-0.05, 0) is 12.8 Å². The van der Waals surface area contributed by atoms with Crippen molar-refractivity contribution in [2.24, 2.45) is 0 Å². The number of hydrogen-bond acceptors (Lipinski definition) is 2. The van der Waals surface area contributed by atoms with Gasteiger partial charge in [-0.15, -0.1) is 25.3 Å². The molecule has 0 amide bonds. The average Bonchev–Trinajstić information content (AvgIpc) is 1.79. The van der Waals surface area contributed by atoms with Crippen molar-refractivity contribution in [3.63, 3.8) is 0 Å². The zero-order valence-corrected chi connectivity index (χ0v) is 8.75. The Bertz CT molecular complexity index is 118. The number of nitrogens with one attached hydrogen (secondary N) is 1. The zero-order valence-electron chi connectivity index (χ0n) is 5.33. The highest BCUT2D eigenvalue weighted by Gasteiger charge is 1.90. The molecular formula is C5H9NS4. The van der Waals surface area contributed by atoms with Crippen molar-refractivity contribution in [2.45, 2.75) is 12.8 Å². The molecule has 0 bridgehead atoms. The average molecular weight is 211 g/mol. The molecule has 0 radical (unpaired) electrons. The lowest BCUT2D eigenvalue weighted by Crippen LogP contribution is -2.17. The number of thiol groups is 2. The standard InChI is InChI=1S/C5H9NS4/c7-4(8)2-1-3-6-5(9)10/h1-3H2,(H,7,8)(H2,6,9,10). The molecule has 0 aliphatic carbocycles. The van der Waals surface area contributed by atoms with Crippen LogP contribution in [-0.4, -0.2) is 15.1 Å². The van der Waals surface area contributed by atoms with Crippen LogP contribution in [0.25, 0.3) is 0 Å². The molecule has 0 aliphatic heterocycles. The Balaban J connectivity index is 3.06. The molecule has 0 rings (SSSR count). The summed E-state index contributed by atoms with van der Waals surface area (Å²) in [5, 5.41) is 2.90. The second kappa shape index (κ2) is 6.39. The molecule has 0 spiro atoms. The Hall–Kier alpha value is 0.680. The van der Waals surface area contributed by atoms with Gasteiger partial charge in [-0.25, -0.2) is 0 Å². The molecule has 0 saturated carbocycles. The zero-order chi connectivity index (χ0) is 7.98. The first-order valence-corrected chi connectivity index (χ1v) is 4.52. The van der Waals surface area contributed by atoms with Gasteiger partial charge in [-0.1, -0.05) is 24.4 Å². The van der Waals surface area contributed by atoms with Gasteiger partial charge < -0.3 is 5.32 Å². The van der Waals surface area contributed by atoms with Crippen LogP contribution >= 0.6 is 49.7 Å². The van der Waals surface area contributed by atoms with Crippen LogP contribution in [0.5, 0.6) is 0 Å². The quantitative estimate of drug-likeness (QED) is 0.373. The first kappa shape index (κ1) is 10.7. The minimum Gasteiger partial charge on any atom is -0.371 e. The summed E-state index contributed by atoms with van der Waals surface area (Å²) in [7, 11) is 0. The summed E-state index contributed by atoms with van der Waals surface area (Å²) in [4.78, 5) is 0. The fourth-order valence-corrected chi connectivity index (χ4v) is 0.951. The van der Waals surface area contributed by atoms with Crippen LogP contribution in [0, 0.1) is 0 Å². The van der Waals surface area contributed by atoms with E-state index >= 15 is 0 Å². The van der Waals surface area contributed by atoms with Crippen molar-refractivity contribution < 1.29 is 0 Å². The van der Waals surface area contributed by atoms with E-state index in [1.807, 2.05) is 0 Å². The second-order valence-electron chi connectivity index (χ2n) is 1.73. The number of hydrogen-bond donors (Lipinski definition) is 3. The third-order valence-electron chi connectivity index (χ3n) is 0.844. The van der Waals surface area contributed by atoms with Crippen molar-refractivity contribution in [1.29, 1.82) is 0 Å². The highest BCUT2D eigenvalue weighted by Crippen LogP contribution is 1.95. The van der Waals surface area contributed by atoms with Crippen LogP contribution in [0.2, 0.25) is 0 Å². The molecule has 5 heteroatoms. The lowest BCUT2D eigenvalue weighted by molar-refractivity contribution is 0.823. The van der Waals surface area contributed by atoms with Crippen LogP contribution in [0.15, 0.2) is 0 Å². The molecule has 1 nitrogen and oxygen atoms in total. The van der Waals surface area contributed by atoms with E-state index in [9.17, 15) is 0 Å². The maximum absolute atomic E-state index is 4.76. The van der Waals surface area contributed by atoms with E-state index in [0.29, 0.717) is 4.32 Å². The summed E-state index contributed by atoms with van der Waals surface area (Å²) in [6.45, 7) is 0.822.